The predicted molar refractivity (Wildman–Crippen MR) is 53.0 cm³/mol. The van der Waals surface area contributed by atoms with Gasteiger partial charge in [0.1, 0.15) is 12.2 Å². The van der Waals surface area contributed by atoms with Gasteiger partial charge in [0.25, 0.3) is 0 Å². The highest BCUT2D eigenvalue weighted by Crippen LogP contribution is 2.19. The van der Waals surface area contributed by atoms with E-state index in [1.807, 2.05) is 0 Å². The second-order valence-corrected chi connectivity index (χ2v) is 3.31. The Balaban J connectivity index is 2.47. The van der Waals surface area contributed by atoms with Crippen LogP contribution in [0.3, 0.4) is 0 Å². The van der Waals surface area contributed by atoms with Gasteiger partial charge in [0, 0.05) is 0 Å². The molecule has 15 heavy (non-hydrogen) atoms. The van der Waals surface area contributed by atoms with Crippen LogP contribution in [-0.2, 0) is 16.0 Å². The topological polar surface area (TPSA) is 88.5 Å². The van der Waals surface area contributed by atoms with E-state index in [0.29, 0.717) is 11.4 Å². The lowest BCUT2D eigenvalue weighted by Crippen LogP contribution is -2.30. The zero-order chi connectivity index (χ0) is 11.3. The van der Waals surface area contributed by atoms with Crippen molar-refractivity contribution < 1.29 is 19.4 Å². The molecular formula is C8H10N2O4S. The lowest BCUT2D eigenvalue weighted by Gasteiger charge is -2.01. The van der Waals surface area contributed by atoms with Crippen LogP contribution in [-0.4, -0.2) is 35.0 Å². The molecule has 7 heteroatoms. The molecule has 0 unspecified atom stereocenters. The van der Waals surface area contributed by atoms with E-state index in [-0.39, 0.29) is 18.9 Å². The third-order valence-electron chi connectivity index (χ3n) is 1.59. The van der Waals surface area contributed by atoms with Gasteiger partial charge < -0.3 is 15.2 Å². The van der Waals surface area contributed by atoms with Crippen molar-refractivity contribution in [2.45, 2.75) is 6.42 Å². The average Bonchev–Trinajstić information content (AvgIpc) is 2.62. The third kappa shape index (κ3) is 3.55. The summed E-state index contributed by atoms with van der Waals surface area (Å²) in [6.07, 6.45) is 0.0277. The van der Waals surface area contributed by atoms with Crippen LogP contribution in [0, 0.1) is 0 Å². The highest BCUT2D eigenvalue weighted by Gasteiger charge is 2.11. The molecule has 1 rings (SSSR count). The Morgan fingerprint density at radius 2 is 2.40 bits per heavy atom. The summed E-state index contributed by atoms with van der Waals surface area (Å²) >= 11 is 1.19. The van der Waals surface area contributed by atoms with Crippen molar-refractivity contribution in [2.24, 2.45) is 0 Å². The van der Waals surface area contributed by atoms with E-state index in [1.165, 1.54) is 18.6 Å². The molecule has 0 radical (unpaired) electrons. The number of amides is 1. The number of hydrogen-bond acceptors (Lipinski definition) is 5. The van der Waals surface area contributed by atoms with E-state index in [2.05, 4.69) is 9.69 Å². The molecule has 0 bridgehead atoms. The lowest BCUT2D eigenvalue weighted by atomic mass is 10.3. The fourth-order valence-corrected chi connectivity index (χ4v) is 1.59. The number of carbonyl (C=O) groups excluding carboxylic acids is 1. The van der Waals surface area contributed by atoms with Crippen molar-refractivity contribution in [1.82, 2.24) is 9.69 Å². The molecule has 2 N–H and O–H groups in total. The van der Waals surface area contributed by atoms with Crippen molar-refractivity contribution in [3.05, 3.63) is 11.1 Å². The van der Waals surface area contributed by atoms with Crippen LogP contribution >= 0.6 is 11.5 Å². The number of carboxylic acid groups (broad SMARTS) is 1. The second kappa shape index (κ2) is 5.30. The number of hydrogen-bond donors (Lipinski definition) is 2. The van der Waals surface area contributed by atoms with Gasteiger partial charge in [-0.25, -0.2) is 0 Å². The quantitative estimate of drug-likeness (QED) is 0.737. The molecule has 0 saturated heterocycles. The van der Waals surface area contributed by atoms with Gasteiger partial charge in [-0.2, -0.15) is 4.37 Å². The van der Waals surface area contributed by atoms with Crippen molar-refractivity contribution in [3.63, 3.8) is 0 Å². The van der Waals surface area contributed by atoms with Gasteiger partial charge in [-0.3, -0.25) is 9.59 Å². The Bertz CT molecular complexity index is 363. The first kappa shape index (κ1) is 11.4. The van der Waals surface area contributed by atoms with Gasteiger partial charge in [-0.1, -0.05) is 0 Å². The normalized spacial score (nSPS) is 9.67. The minimum atomic E-state index is -1.08. The van der Waals surface area contributed by atoms with Gasteiger partial charge in [0.05, 0.1) is 18.9 Å². The monoisotopic (exact) mass is 230 g/mol. The van der Waals surface area contributed by atoms with Crippen LogP contribution in [0.4, 0.5) is 0 Å². The molecule has 82 valence electrons. The largest absolute Gasteiger partial charge is 0.494 e. The van der Waals surface area contributed by atoms with Gasteiger partial charge >= 0.3 is 5.97 Å². The van der Waals surface area contributed by atoms with E-state index in [1.54, 1.807) is 5.38 Å². The number of carboxylic acids is 1. The Hall–Kier alpha value is -1.63. The molecule has 0 aromatic carbocycles. The van der Waals surface area contributed by atoms with Crippen molar-refractivity contribution in [1.29, 1.82) is 0 Å². The van der Waals surface area contributed by atoms with Gasteiger partial charge in [-0.05, 0) is 11.5 Å². The molecule has 0 aliphatic heterocycles. The molecule has 1 aromatic heterocycles. The molecule has 0 atom stereocenters. The maximum atomic E-state index is 11.2. The first-order chi connectivity index (χ1) is 7.13. The van der Waals surface area contributed by atoms with Gasteiger partial charge in [0.2, 0.25) is 5.91 Å². The molecule has 0 aliphatic carbocycles. The van der Waals surface area contributed by atoms with E-state index >= 15 is 0 Å². The maximum Gasteiger partial charge on any atom is 0.322 e. The number of nitrogens with zero attached hydrogens (tertiary/aromatic N) is 1. The molecule has 0 spiro atoms. The van der Waals surface area contributed by atoms with Crippen LogP contribution in [0.15, 0.2) is 5.38 Å². The van der Waals surface area contributed by atoms with Crippen molar-refractivity contribution in [2.75, 3.05) is 13.7 Å². The summed E-state index contributed by atoms with van der Waals surface area (Å²) < 4.78 is 8.93. The SMILES string of the molecule is COc1csnc1CC(=O)NCC(=O)O. The fourth-order valence-electron chi connectivity index (χ4n) is 0.925. The minimum absolute atomic E-state index is 0.0277. The molecule has 1 aromatic rings. The van der Waals surface area contributed by atoms with E-state index in [9.17, 15) is 9.59 Å². The summed E-state index contributed by atoms with van der Waals surface area (Å²) in [4.78, 5) is 21.4. The highest BCUT2D eigenvalue weighted by atomic mass is 32.1. The van der Waals surface area contributed by atoms with Crippen LogP contribution in [0.25, 0.3) is 0 Å². The average molecular weight is 230 g/mol. The number of nitrogens with one attached hydrogen (secondary N) is 1. The Labute approximate surface area is 90.0 Å². The fraction of sp³-hybridized carbons (Fsp3) is 0.375. The molecular weight excluding hydrogens is 220 g/mol. The number of rotatable bonds is 5. The zero-order valence-electron chi connectivity index (χ0n) is 8.02. The molecule has 0 saturated carbocycles. The molecule has 1 heterocycles. The lowest BCUT2D eigenvalue weighted by molar-refractivity contribution is -0.137. The number of methoxy groups -OCH3 is 1. The Morgan fingerprint density at radius 3 is 3.00 bits per heavy atom. The van der Waals surface area contributed by atoms with Crippen molar-refractivity contribution in [3.8, 4) is 5.75 Å². The van der Waals surface area contributed by atoms with Gasteiger partial charge in [0.15, 0.2) is 5.75 Å². The number of aliphatic carboxylic acids is 1. The van der Waals surface area contributed by atoms with Crippen LogP contribution in [0.1, 0.15) is 5.69 Å². The summed E-state index contributed by atoms with van der Waals surface area (Å²) in [5.74, 6) is -0.916. The summed E-state index contributed by atoms with van der Waals surface area (Å²) in [5, 5.41) is 12.3. The summed E-state index contributed by atoms with van der Waals surface area (Å²) in [6, 6.07) is 0. The van der Waals surface area contributed by atoms with E-state index in [0.717, 1.165) is 0 Å². The first-order valence-corrected chi connectivity index (χ1v) is 4.93. The minimum Gasteiger partial charge on any atom is -0.494 e. The molecule has 0 fully saturated rings. The van der Waals surface area contributed by atoms with Crippen LogP contribution in [0.2, 0.25) is 0 Å². The number of ether oxygens (including phenoxy) is 1. The Kier molecular flexibility index (Phi) is 4.04. The summed E-state index contributed by atoms with van der Waals surface area (Å²) in [7, 11) is 1.49. The zero-order valence-corrected chi connectivity index (χ0v) is 8.84. The number of carbonyl (C=O) groups is 2. The second-order valence-electron chi connectivity index (χ2n) is 2.68. The summed E-state index contributed by atoms with van der Waals surface area (Å²) in [5.41, 5.74) is 0.519. The smallest absolute Gasteiger partial charge is 0.322 e. The van der Waals surface area contributed by atoms with Crippen molar-refractivity contribution >= 4 is 23.4 Å². The number of aromatic nitrogens is 1. The molecule has 6 nitrogen and oxygen atoms in total. The highest BCUT2D eigenvalue weighted by molar-refractivity contribution is 7.03. The van der Waals surface area contributed by atoms with Gasteiger partial charge in [-0.15, -0.1) is 0 Å². The Morgan fingerprint density at radius 1 is 1.67 bits per heavy atom. The standard InChI is InChI=1S/C8H10N2O4S/c1-14-6-4-15-10-5(6)2-7(11)9-3-8(12)13/h4H,2-3H2,1H3,(H,9,11)(H,12,13). The molecule has 1 amide bonds. The third-order valence-corrected chi connectivity index (χ3v) is 2.24. The molecule has 0 aliphatic rings. The predicted octanol–water partition coefficient (Wildman–Crippen LogP) is -0.105. The van der Waals surface area contributed by atoms with E-state index < -0.39 is 5.97 Å². The van der Waals surface area contributed by atoms with E-state index in [4.69, 9.17) is 9.84 Å². The summed E-state index contributed by atoms with van der Waals surface area (Å²) in [6.45, 7) is -0.384. The van der Waals surface area contributed by atoms with Crippen LogP contribution < -0.4 is 10.1 Å². The van der Waals surface area contributed by atoms with Crippen LogP contribution in [0.5, 0.6) is 5.75 Å². The maximum absolute atomic E-state index is 11.2. The first-order valence-electron chi connectivity index (χ1n) is 4.09.